The second kappa shape index (κ2) is 19.9. The van der Waals surface area contributed by atoms with Crippen molar-refractivity contribution in [1.29, 1.82) is 0 Å². The van der Waals surface area contributed by atoms with Gasteiger partial charge in [-0.1, -0.05) is 51.1 Å². The number of nitrogens with two attached hydrogens (primary N) is 1. The molecule has 59 heavy (non-hydrogen) atoms. The van der Waals surface area contributed by atoms with Crippen LogP contribution in [-0.2, 0) is 40.1 Å². The number of benzene rings is 2. The Kier molecular flexibility index (Phi) is 15.3. The van der Waals surface area contributed by atoms with E-state index in [1.807, 2.05) is 51.1 Å². The number of aliphatic hydroxyl groups excluding tert-OH is 2. The monoisotopic (exact) mass is 823 g/mol. The van der Waals surface area contributed by atoms with Crippen LogP contribution in [0, 0.1) is 17.0 Å². The molecular formula is C40H47F2N7O10. The Morgan fingerprint density at radius 3 is 2.15 bits per heavy atom. The first-order valence-electron chi connectivity index (χ1n) is 18.4. The Balaban J connectivity index is 1.50. The number of aliphatic carboxylic acids is 1. The molecule has 17 nitrogen and oxygen atoms in total. The fourth-order valence-electron chi connectivity index (χ4n) is 6.48. The van der Waals surface area contributed by atoms with E-state index in [9.17, 15) is 53.3 Å². The van der Waals surface area contributed by atoms with E-state index in [2.05, 4.69) is 16.0 Å². The van der Waals surface area contributed by atoms with Gasteiger partial charge in [0.2, 0.25) is 23.6 Å². The third kappa shape index (κ3) is 11.9. The molecule has 8 N–H and O–H groups in total. The number of rotatable bonds is 19. The Labute approximate surface area is 337 Å². The summed E-state index contributed by atoms with van der Waals surface area (Å²) < 4.78 is 31.2. The molecule has 4 atom stereocenters. The van der Waals surface area contributed by atoms with Crippen molar-refractivity contribution < 1.29 is 57.7 Å². The van der Waals surface area contributed by atoms with Crippen molar-refractivity contribution >= 4 is 41.4 Å². The number of imide groups is 1. The zero-order chi connectivity index (χ0) is 43.6. The smallest absolute Gasteiger partial charge is 0.328 e. The van der Waals surface area contributed by atoms with E-state index < -0.39 is 109 Å². The van der Waals surface area contributed by atoms with Crippen molar-refractivity contribution in [2.75, 3.05) is 32.8 Å². The van der Waals surface area contributed by atoms with E-state index >= 15 is 4.39 Å². The van der Waals surface area contributed by atoms with Gasteiger partial charge in [-0.2, -0.15) is 0 Å². The molecule has 0 bridgehead atoms. The lowest BCUT2D eigenvalue weighted by atomic mass is 9.82. The van der Waals surface area contributed by atoms with Gasteiger partial charge < -0.3 is 46.5 Å². The van der Waals surface area contributed by atoms with E-state index in [1.165, 1.54) is 4.90 Å². The molecule has 0 fully saturated rings. The molecule has 316 valence electrons. The maximum Gasteiger partial charge on any atom is 0.328 e. The van der Waals surface area contributed by atoms with E-state index in [1.54, 1.807) is 16.8 Å². The number of hydrogen-bond donors (Lipinski definition) is 7. The van der Waals surface area contributed by atoms with Gasteiger partial charge in [-0.15, -0.1) is 0 Å². The van der Waals surface area contributed by atoms with Crippen LogP contribution in [0.25, 0.3) is 11.1 Å². The highest BCUT2D eigenvalue weighted by atomic mass is 19.1. The van der Waals surface area contributed by atoms with Gasteiger partial charge in [-0.05, 0) is 41.7 Å². The molecule has 3 aromatic rings. The van der Waals surface area contributed by atoms with E-state index in [-0.39, 0.29) is 25.1 Å². The van der Waals surface area contributed by atoms with Gasteiger partial charge in [0.25, 0.3) is 11.8 Å². The number of carbonyl (C=O) groups excluding carboxylic acids is 6. The summed E-state index contributed by atoms with van der Waals surface area (Å²) in [6.45, 7) is 2.19. The van der Waals surface area contributed by atoms with Crippen molar-refractivity contribution in [2.45, 2.75) is 57.9 Å². The number of carboxylic acids is 1. The van der Waals surface area contributed by atoms with Gasteiger partial charge in [0, 0.05) is 54.8 Å². The maximum absolute atomic E-state index is 15.1. The highest BCUT2D eigenvalue weighted by Gasteiger charge is 2.38. The summed E-state index contributed by atoms with van der Waals surface area (Å²) in [4.78, 5) is 89.2. The second-order valence-electron chi connectivity index (χ2n) is 14.8. The average molecular weight is 824 g/mol. The Hall–Kier alpha value is -6.31. The van der Waals surface area contributed by atoms with Gasteiger partial charge in [0.15, 0.2) is 0 Å². The van der Waals surface area contributed by atoms with E-state index in [0.717, 1.165) is 35.9 Å². The summed E-state index contributed by atoms with van der Waals surface area (Å²) in [6, 6.07) is 8.30. The van der Waals surface area contributed by atoms with Crippen LogP contribution in [0.2, 0.25) is 0 Å². The summed E-state index contributed by atoms with van der Waals surface area (Å²) in [5.74, 6) is -8.15. The molecule has 19 heteroatoms. The number of halogens is 2. The zero-order valence-electron chi connectivity index (χ0n) is 32.6. The molecule has 2 heterocycles. The SMILES string of the molecule is CC(C)(C)[C@H](c1cc(-c2cc(F)ccc2F)cn1Cc1ccccc1)N(CC[C@H](N)C(=O)N[C@H](CNC(=O)[C@H](CO)NC(=O)CN1C(=O)C=CC1=O)C(=O)O)C(=O)CO. The van der Waals surface area contributed by atoms with Crippen LogP contribution in [0.1, 0.15) is 44.5 Å². The Morgan fingerprint density at radius 2 is 1.56 bits per heavy atom. The highest BCUT2D eigenvalue weighted by molar-refractivity contribution is 6.14. The molecule has 0 saturated carbocycles. The van der Waals surface area contributed by atoms with Crippen molar-refractivity contribution in [3.63, 3.8) is 0 Å². The Morgan fingerprint density at radius 1 is 0.898 bits per heavy atom. The minimum Gasteiger partial charge on any atom is -0.480 e. The van der Waals surface area contributed by atoms with Crippen molar-refractivity contribution in [3.8, 4) is 11.1 Å². The van der Waals surface area contributed by atoms with Gasteiger partial charge in [0.05, 0.1) is 18.7 Å². The van der Waals surface area contributed by atoms with Gasteiger partial charge in [0.1, 0.15) is 36.9 Å². The minimum atomic E-state index is -1.75. The zero-order valence-corrected chi connectivity index (χ0v) is 32.6. The number of nitrogens with zero attached hydrogens (tertiary/aromatic N) is 3. The van der Waals surface area contributed by atoms with Gasteiger partial charge in [-0.3, -0.25) is 33.7 Å². The van der Waals surface area contributed by atoms with Crippen molar-refractivity contribution in [3.05, 3.63) is 95.8 Å². The number of hydrogen-bond acceptors (Lipinski definition) is 10. The first kappa shape index (κ1) is 45.4. The molecule has 4 rings (SSSR count). The molecule has 0 radical (unpaired) electrons. The number of nitrogens with one attached hydrogen (secondary N) is 3. The molecular weight excluding hydrogens is 776 g/mol. The molecule has 1 aliphatic heterocycles. The summed E-state index contributed by atoms with van der Waals surface area (Å²) in [7, 11) is 0. The topological polar surface area (TPSA) is 254 Å². The van der Waals surface area contributed by atoms with Crippen LogP contribution < -0.4 is 21.7 Å². The molecule has 0 saturated heterocycles. The summed E-state index contributed by atoms with van der Waals surface area (Å²) in [6.07, 6.45) is 3.30. The Bertz CT molecular complexity index is 2070. The minimum absolute atomic E-state index is 0.0177. The normalized spacial score (nSPS) is 14.7. The molecule has 0 unspecified atom stereocenters. The molecule has 0 spiro atoms. The number of aliphatic hydroxyl groups is 2. The second-order valence-corrected chi connectivity index (χ2v) is 14.8. The standard InChI is InChI=1S/C40H47F2N7O10/c1-40(2,3)36(31-15-24(26-16-25(41)9-10-27(26)42)19-47(31)18-23-7-5-4-6-8-23)48(35(55)22-51)14-13-28(43)37(56)46-29(39(58)59)17-44-38(57)30(21-50)45-32(52)20-49-33(53)11-12-34(49)54/h4-12,15-16,19,28-30,36,50-51H,13-14,17-18,20-22,43H2,1-3H3,(H,44,57)(H,45,52)(H,46,56)(H,58,59)/t28-,29+,30-,36-/m0/s1. The molecule has 0 aliphatic carbocycles. The number of amides is 6. The summed E-state index contributed by atoms with van der Waals surface area (Å²) in [5.41, 5.74) is 7.08. The number of carbonyl (C=O) groups is 7. The third-order valence-corrected chi connectivity index (χ3v) is 9.38. The van der Waals surface area contributed by atoms with Gasteiger partial charge >= 0.3 is 5.97 Å². The number of carboxylic acid groups (broad SMARTS) is 1. The first-order valence-corrected chi connectivity index (χ1v) is 18.4. The fourth-order valence-corrected chi connectivity index (χ4v) is 6.48. The number of aromatic nitrogens is 1. The first-order chi connectivity index (χ1) is 27.8. The van der Waals surface area contributed by atoms with Crippen LogP contribution in [0.3, 0.4) is 0 Å². The summed E-state index contributed by atoms with van der Waals surface area (Å²) in [5, 5.41) is 36.1. The lowest BCUT2D eigenvalue weighted by molar-refractivity contribution is -0.142. The predicted molar refractivity (Wildman–Crippen MR) is 206 cm³/mol. The van der Waals surface area contributed by atoms with E-state index in [0.29, 0.717) is 16.2 Å². The summed E-state index contributed by atoms with van der Waals surface area (Å²) >= 11 is 0. The molecule has 1 aliphatic rings. The van der Waals surface area contributed by atoms with Crippen molar-refractivity contribution in [1.82, 2.24) is 30.3 Å². The van der Waals surface area contributed by atoms with Gasteiger partial charge in [-0.25, -0.2) is 13.6 Å². The van der Waals surface area contributed by atoms with E-state index in [4.69, 9.17) is 5.73 Å². The lowest BCUT2D eigenvalue weighted by Gasteiger charge is -2.41. The average Bonchev–Trinajstić information content (AvgIpc) is 3.74. The fraction of sp³-hybridized carbons (Fsp3) is 0.375. The molecule has 1 aromatic heterocycles. The van der Waals surface area contributed by atoms with Crippen LogP contribution in [0.15, 0.2) is 72.9 Å². The highest BCUT2D eigenvalue weighted by Crippen LogP contribution is 2.41. The largest absolute Gasteiger partial charge is 0.480 e. The van der Waals surface area contributed by atoms with Crippen LogP contribution in [0.5, 0.6) is 0 Å². The maximum atomic E-state index is 15.1. The van der Waals surface area contributed by atoms with Crippen molar-refractivity contribution in [2.24, 2.45) is 11.1 Å². The van der Waals surface area contributed by atoms with Crippen LogP contribution in [0.4, 0.5) is 8.78 Å². The third-order valence-electron chi connectivity index (χ3n) is 9.38. The molecule has 2 aromatic carbocycles. The quantitative estimate of drug-likeness (QED) is 0.0804. The van der Waals surface area contributed by atoms with Crippen LogP contribution in [-0.4, -0.2) is 122 Å². The lowest BCUT2D eigenvalue weighted by Crippen LogP contribution is -2.56. The van der Waals surface area contributed by atoms with Crippen LogP contribution >= 0.6 is 0 Å². The predicted octanol–water partition coefficient (Wildman–Crippen LogP) is 0.195. The molecule has 6 amide bonds.